The van der Waals surface area contributed by atoms with Gasteiger partial charge in [0.1, 0.15) is 16.7 Å². The van der Waals surface area contributed by atoms with Crippen molar-refractivity contribution in [2.45, 2.75) is 18.9 Å². The van der Waals surface area contributed by atoms with Crippen LogP contribution in [0.2, 0.25) is 5.02 Å². The van der Waals surface area contributed by atoms with E-state index in [2.05, 4.69) is 15.4 Å². The van der Waals surface area contributed by atoms with Crippen molar-refractivity contribution in [2.24, 2.45) is 0 Å². The highest BCUT2D eigenvalue weighted by Gasteiger charge is 2.29. The summed E-state index contributed by atoms with van der Waals surface area (Å²) in [5.41, 5.74) is 0.150. The van der Waals surface area contributed by atoms with Gasteiger partial charge in [-0.1, -0.05) is 11.6 Å². The number of aromatic nitrogens is 3. The highest BCUT2D eigenvalue weighted by atomic mass is 35.5. The molecule has 0 aliphatic heterocycles. The molecule has 1 aliphatic rings. The molecule has 0 unspecified atom stereocenters. The fraction of sp³-hybridized carbons (Fsp3) is 0.188. The van der Waals surface area contributed by atoms with Crippen LogP contribution in [0.15, 0.2) is 24.5 Å². The minimum Gasteiger partial charge on any atom is -0.348 e. The maximum atomic E-state index is 13.9. The van der Waals surface area contributed by atoms with E-state index < -0.39 is 28.4 Å². The Morgan fingerprint density at radius 3 is 2.56 bits per heavy atom. The molecule has 0 saturated heterocycles. The summed E-state index contributed by atoms with van der Waals surface area (Å²) in [5.74, 6) is -3.14. The molecule has 4 rings (SSSR count). The van der Waals surface area contributed by atoms with E-state index in [0.717, 1.165) is 41.9 Å². The normalized spacial score (nSPS) is 14.1. The average Bonchev–Trinajstić information content (AvgIpc) is 3.29. The number of hydrogen-bond acceptors (Lipinski definition) is 3. The Balaban J connectivity index is 1.95. The molecule has 0 atom stereocenters. The molecule has 9 heteroatoms. The third-order valence-corrected chi connectivity index (χ3v) is 4.20. The molecule has 0 spiro atoms. The van der Waals surface area contributed by atoms with Crippen LogP contribution in [0.1, 0.15) is 23.3 Å². The first kappa shape index (κ1) is 15.9. The van der Waals surface area contributed by atoms with Crippen LogP contribution in [-0.4, -0.2) is 26.5 Å². The summed E-state index contributed by atoms with van der Waals surface area (Å²) >= 11 is 5.51. The minimum absolute atomic E-state index is 0.0365. The van der Waals surface area contributed by atoms with Gasteiger partial charge >= 0.3 is 0 Å². The largest absolute Gasteiger partial charge is 0.348 e. The number of halogens is 4. The summed E-state index contributed by atoms with van der Waals surface area (Å²) in [6.45, 7) is 0. The monoisotopic (exact) mass is 366 g/mol. The molecular weight excluding hydrogens is 357 g/mol. The van der Waals surface area contributed by atoms with Gasteiger partial charge in [-0.05, 0) is 30.5 Å². The second-order valence-electron chi connectivity index (χ2n) is 5.77. The van der Waals surface area contributed by atoms with E-state index >= 15 is 0 Å². The molecule has 1 saturated carbocycles. The molecule has 5 nitrogen and oxygen atoms in total. The van der Waals surface area contributed by atoms with Crippen LogP contribution in [0.4, 0.5) is 13.2 Å². The van der Waals surface area contributed by atoms with Crippen molar-refractivity contribution < 1.29 is 18.0 Å². The molecule has 3 aromatic rings. The second-order valence-corrected chi connectivity index (χ2v) is 6.14. The van der Waals surface area contributed by atoms with Crippen LogP contribution in [0.25, 0.3) is 16.8 Å². The van der Waals surface area contributed by atoms with Gasteiger partial charge in [-0.25, -0.2) is 22.7 Å². The van der Waals surface area contributed by atoms with Gasteiger partial charge in [-0.3, -0.25) is 4.79 Å². The Kier molecular flexibility index (Phi) is 3.64. The fourth-order valence-electron chi connectivity index (χ4n) is 2.52. The van der Waals surface area contributed by atoms with E-state index in [4.69, 9.17) is 11.6 Å². The van der Waals surface area contributed by atoms with Crippen LogP contribution in [0, 0.1) is 17.5 Å². The molecule has 1 amide bonds. The van der Waals surface area contributed by atoms with Crippen molar-refractivity contribution in [3.8, 4) is 11.1 Å². The van der Waals surface area contributed by atoms with E-state index in [9.17, 15) is 18.0 Å². The summed E-state index contributed by atoms with van der Waals surface area (Å²) in [7, 11) is 0. The Labute approximate surface area is 144 Å². The van der Waals surface area contributed by atoms with Gasteiger partial charge in [0.05, 0.1) is 18.0 Å². The van der Waals surface area contributed by atoms with Gasteiger partial charge in [-0.2, -0.15) is 5.10 Å². The van der Waals surface area contributed by atoms with Gasteiger partial charge in [0, 0.05) is 6.04 Å². The number of hydrogen-bond donors (Lipinski definition) is 1. The van der Waals surface area contributed by atoms with E-state index in [-0.39, 0.29) is 28.5 Å². The van der Waals surface area contributed by atoms with Crippen molar-refractivity contribution >= 4 is 23.2 Å². The maximum Gasteiger partial charge on any atom is 0.272 e. The molecule has 2 heterocycles. The number of nitrogens with zero attached hydrogens (tertiary/aromatic N) is 3. The van der Waals surface area contributed by atoms with Crippen LogP contribution in [0.3, 0.4) is 0 Å². The third kappa shape index (κ3) is 2.82. The van der Waals surface area contributed by atoms with Crippen LogP contribution in [0.5, 0.6) is 0 Å². The lowest BCUT2D eigenvalue weighted by Crippen LogP contribution is -2.26. The predicted molar refractivity (Wildman–Crippen MR) is 83.8 cm³/mol. The van der Waals surface area contributed by atoms with Crippen molar-refractivity contribution in [1.82, 2.24) is 19.9 Å². The molecule has 2 aromatic heterocycles. The number of rotatable bonds is 3. The highest BCUT2D eigenvalue weighted by Crippen LogP contribution is 2.32. The number of benzene rings is 1. The molecular formula is C16H10ClF3N4O. The summed E-state index contributed by atoms with van der Waals surface area (Å²) in [6, 6.07) is 2.02. The van der Waals surface area contributed by atoms with E-state index in [1.165, 1.54) is 0 Å². The van der Waals surface area contributed by atoms with Gasteiger partial charge in [0.25, 0.3) is 5.91 Å². The molecule has 0 bridgehead atoms. The zero-order valence-corrected chi connectivity index (χ0v) is 13.3. The summed E-state index contributed by atoms with van der Waals surface area (Å²) in [6.07, 6.45) is 3.67. The molecule has 1 fully saturated rings. The van der Waals surface area contributed by atoms with Gasteiger partial charge < -0.3 is 5.32 Å². The quantitative estimate of drug-likeness (QED) is 0.723. The van der Waals surface area contributed by atoms with E-state index in [1.807, 2.05) is 0 Å². The molecule has 25 heavy (non-hydrogen) atoms. The summed E-state index contributed by atoms with van der Waals surface area (Å²) in [5, 5.41) is 6.13. The smallest absolute Gasteiger partial charge is 0.272 e. The zero-order valence-electron chi connectivity index (χ0n) is 12.6. The number of nitrogens with one attached hydrogen (secondary N) is 1. The van der Waals surface area contributed by atoms with Crippen LogP contribution < -0.4 is 5.32 Å². The summed E-state index contributed by atoms with van der Waals surface area (Å²) < 4.78 is 42.2. The Morgan fingerprint density at radius 1 is 1.24 bits per heavy atom. The lowest BCUT2D eigenvalue weighted by molar-refractivity contribution is 0.0946. The Morgan fingerprint density at radius 2 is 1.92 bits per heavy atom. The molecule has 128 valence electrons. The third-order valence-electron chi connectivity index (χ3n) is 3.84. The van der Waals surface area contributed by atoms with Crippen molar-refractivity contribution in [3.63, 3.8) is 0 Å². The van der Waals surface area contributed by atoms with Crippen LogP contribution >= 0.6 is 11.6 Å². The van der Waals surface area contributed by atoms with Crippen molar-refractivity contribution in [3.05, 3.63) is 52.7 Å². The maximum absolute atomic E-state index is 13.9. The van der Waals surface area contributed by atoms with E-state index in [0.29, 0.717) is 0 Å². The topological polar surface area (TPSA) is 59.3 Å². The van der Waals surface area contributed by atoms with Crippen molar-refractivity contribution in [2.75, 3.05) is 0 Å². The lowest BCUT2D eigenvalue weighted by Gasteiger charge is -2.06. The standard InChI is InChI=1S/C16H10ClF3N4O/c17-13-10(19)3-7(4-11(13)20)12-14(16(25)22-9-1-2-9)23-24-6-8(18)5-21-15(12)24/h3-6,9H,1-2H2,(H,22,25). The number of fused-ring (bicyclic) bond motifs is 1. The van der Waals surface area contributed by atoms with Crippen molar-refractivity contribution in [1.29, 1.82) is 0 Å². The lowest BCUT2D eigenvalue weighted by atomic mass is 10.0. The summed E-state index contributed by atoms with van der Waals surface area (Å²) in [4.78, 5) is 16.4. The molecule has 1 N–H and O–H groups in total. The van der Waals surface area contributed by atoms with Gasteiger partial charge in [0.15, 0.2) is 17.2 Å². The zero-order chi connectivity index (χ0) is 17.7. The first-order chi connectivity index (χ1) is 11.9. The minimum atomic E-state index is -0.980. The number of carbonyl (C=O) groups excluding carboxylic acids is 1. The predicted octanol–water partition coefficient (Wildman–Crippen LogP) is 3.36. The number of amides is 1. The number of carbonyl (C=O) groups is 1. The van der Waals surface area contributed by atoms with Gasteiger partial charge in [0.2, 0.25) is 0 Å². The van der Waals surface area contributed by atoms with Crippen LogP contribution in [-0.2, 0) is 0 Å². The fourth-order valence-corrected chi connectivity index (χ4v) is 2.63. The molecule has 1 aromatic carbocycles. The molecule has 0 radical (unpaired) electrons. The SMILES string of the molecule is O=C(NC1CC1)c1nn2cc(F)cnc2c1-c1cc(F)c(Cl)c(F)c1. The first-order valence-electron chi connectivity index (χ1n) is 7.43. The van der Waals surface area contributed by atoms with E-state index in [1.54, 1.807) is 0 Å². The average molecular weight is 367 g/mol. The highest BCUT2D eigenvalue weighted by molar-refractivity contribution is 6.31. The second kappa shape index (κ2) is 5.73. The van der Waals surface area contributed by atoms with Gasteiger partial charge in [-0.15, -0.1) is 0 Å². The first-order valence-corrected chi connectivity index (χ1v) is 7.81. The Bertz CT molecular complexity index is 993. The Hall–Kier alpha value is -2.61. The molecule has 1 aliphatic carbocycles.